The first-order valence-electron chi connectivity index (χ1n) is 9.08. The smallest absolute Gasteiger partial charge is 0.260 e. The molecule has 2 unspecified atom stereocenters. The van der Waals surface area contributed by atoms with Gasteiger partial charge in [-0.25, -0.2) is 0 Å². The van der Waals surface area contributed by atoms with Crippen LogP contribution >= 0.6 is 0 Å². The van der Waals surface area contributed by atoms with E-state index in [9.17, 15) is 9.59 Å². The van der Waals surface area contributed by atoms with Gasteiger partial charge in [-0.15, -0.1) is 0 Å². The maximum Gasteiger partial charge on any atom is 0.260 e. The molecule has 2 fully saturated rings. The van der Waals surface area contributed by atoms with E-state index in [0.29, 0.717) is 6.61 Å². The number of aromatic nitrogens is 1. The van der Waals surface area contributed by atoms with Crippen molar-refractivity contribution < 1.29 is 9.53 Å². The molecule has 5 nitrogen and oxygen atoms in total. The number of pyridine rings is 1. The Morgan fingerprint density at radius 3 is 2.67 bits per heavy atom. The number of amides is 1. The monoisotopic (exact) mass is 332 g/mol. The van der Waals surface area contributed by atoms with E-state index >= 15 is 0 Å². The molecule has 0 bridgehead atoms. The van der Waals surface area contributed by atoms with E-state index in [4.69, 9.17) is 4.74 Å². The highest BCUT2D eigenvalue weighted by Crippen LogP contribution is 2.55. The summed E-state index contributed by atoms with van der Waals surface area (Å²) in [7, 11) is 1.84. The van der Waals surface area contributed by atoms with Crippen LogP contribution in [0.1, 0.15) is 61.5 Å². The fourth-order valence-electron chi connectivity index (χ4n) is 4.64. The Labute approximate surface area is 143 Å². The van der Waals surface area contributed by atoms with Gasteiger partial charge in [0, 0.05) is 30.8 Å². The molecule has 1 amide bonds. The van der Waals surface area contributed by atoms with Crippen LogP contribution in [0.5, 0.6) is 0 Å². The molecular weight excluding hydrogens is 304 g/mol. The Balaban J connectivity index is 1.82. The van der Waals surface area contributed by atoms with Crippen LogP contribution in [0.15, 0.2) is 16.9 Å². The molecule has 1 aromatic rings. The summed E-state index contributed by atoms with van der Waals surface area (Å²) in [5.74, 6) is -0.179. The second-order valence-corrected chi connectivity index (χ2v) is 7.29. The normalized spacial score (nSPS) is 25.3. The van der Waals surface area contributed by atoms with Crippen molar-refractivity contribution >= 4 is 5.91 Å². The van der Waals surface area contributed by atoms with Gasteiger partial charge in [0.2, 0.25) is 0 Å². The van der Waals surface area contributed by atoms with Crippen molar-refractivity contribution in [1.29, 1.82) is 0 Å². The van der Waals surface area contributed by atoms with Crippen molar-refractivity contribution in [3.8, 4) is 0 Å². The number of ether oxygens (including phenoxy) is 1. The zero-order chi connectivity index (χ0) is 17.3. The molecule has 1 aromatic heterocycles. The third-order valence-corrected chi connectivity index (χ3v) is 5.97. The summed E-state index contributed by atoms with van der Waals surface area (Å²) >= 11 is 0. The molecule has 24 heavy (non-hydrogen) atoms. The average Bonchev–Trinajstić information content (AvgIpc) is 2.58. The Kier molecular flexibility index (Phi) is 4.81. The molecule has 1 heterocycles. The number of rotatable bonds is 4. The van der Waals surface area contributed by atoms with Gasteiger partial charge in [0.25, 0.3) is 11.5 Å². The lowest BCUT2D eigenvalue weighted by atomic mass is 9.54. The molecule has 0 aromatic carbocycles. The van der Waals surface area contributed by atoms with Gasteiger partial charge in [0.05, 0.1) is 6.10 Å². The second kappa shape index (κ2) is 6.71. The SMILES string of the molecule is CCOC1CC(N(C)C(=O)c2ccc(C)[nH]c2=O)C12CCCCC2. The van der Waals surface area contributed by atoms with Crippen molar-refractivity contribution in [2.45, 2.75) is 64.5 Å². The van der Waals surface area contributed by atoms with E-state index in [-0.39, 0.29) is 34.6 Å². The van der Waals surface area contributed by atoms with Gasteiger partial charge in [-0.2, -0.15) is 0 Å². The lowest BCUT2D eigenvalue weighted by Gasteiger charge is -2.60. The molecule has 0 aliphatic heterocycles. The maximum absolute atomic E-state index is 12.9. The standard InChI is InChI=1S/C19H28N2O3/c1-4-24-16-12-15(19(16)10-6-5-7-11-19)21(3)18(23)14-9-8-13(2)20-17(14)22/h8-9,15-16H,4-7,10-12H2,1-3H3,(H,20,22). The Morgan fingerprint density at radius 1 is 1.33 bits per heavy atom. The van der Waals surface area contributed by atoms with Crippen molar-refractivity contribution in [3.63, 3.8) is 0 Å². The van der Waals surface area contributed by atoms with Crippen molar-refractivity contribution in [3.05, 3.63) is 33.7 Å². The number of hydrogen-bond donors (Lipinski definition) is 1. The number of H-pyrrole nitrogens is 1. The zero-order valence-corrected chi connectivity index (χ0v) is 14.9. The molecule has 1 N–H and O–H groups in total. The number of nitrogens with one attached hydrogen (secondary N) is 1. The fourth-order valence-corrected chi connectivity index (χ4v) is 4.64. The number of hydrogen-bond acceptors (Lipinski definition) is 3. The van der Waals surface area contributed by atoms with E-state index in [1.165, 1.54) is 19.3 Å². The average molecular weight is 332 g/mol. The minimum atomic E-state index is -0.301. The van der Waals surface area contributed by atoms with Gasteiger partial charge in [0.15, 0.2) is 0 Å². The number of aromatic amines is 1. The fraction of sp³-hybridized carbons (Fsp3) is 0.684. The Hall–Kier alpha value is -1.62. The zero-order valence-electron chi connectivity index (χ0n) is 14.9. The highest BCUT2D eigenvalue weighted by atomic mass is 16.5. The quantitative estimate of drug-likeness (QED) is 0.922. The Bertz CT molecular complexity index is 661. The second-order valence-electron chi connectivity index (χ2n) is 7.29. The summed E-state index contributed by atoms with van der Waals surface area (Å²) in [6.07, 6.45) is 7.02. The van der Waals surface area contributed by atoms with Gasteiger partial charge in [-0.3, -0.25) is 9.59 Å². The molecule has 5 heteroatoms. The topological polar surface area (TPSA) is 62.4 Å². The molecule has 132 valence electrons. The van der Waals surface area contributed by atoms with Gasteiger partial charge in [0.1, 0.15) is 5.56 Å². The maximum atomic E-state index is 12.9. The third kappa shape index (κ3) is 2.79. The predicted molar refractivity (Wildman–Crippen MR) is 93.2 cm³/mol. The van der Waals surface area contributed by atoms with Crippen LogP contribution in [0.3, 0.4) is 0 Å². The van der Waals surface area contributed by atoms with Gasteiger partial charge >= 0.3 is 0 Å². The first-order chi connectivity index (χ1) is 11.5. The van der Waals surface area contributed by atoms with E-state index in [2.05, 4.69) is 4.98 Å². The van der Waals surface area contributed by atoms with Gasteiger partial charge < -0.3 is 14.6 Å². The van der Waals surface area contributed by atoms with Crippen LogP contribution in [0.4, 0.5) is 0 Å². The first kappa shape index (κ1) is 17.2. The molecular formula is C19H28N2O3. The highest BCUT2D eigenvalue weighted by Gasteiger charge is 2.57. The molecule has 2 aliphatic rings. The van der Waals surface area contributed by atoms with E-state index < -0.39 is 0 Å². The number of carbonyl (C=O) groups is 1. The van der Waals surface area contributed by atoms with Crippen LogP contribution in [0.2, 0.25) is 0 Å². The molecule has 2 aliphatic carbocycles. The van der Waals surface area contributed by atoms with E-state index in [0.717, 1.165) is 25.0 Å². The molecule has 1 spiro atoms. The van der Waals surface area contributed by atoms with Gasteiger partial charge in [-0.1, -0.05) is 19.3 Å². The summed E-state index contributed by atoms with van der Waals surface area (Å²) in [6.45, 7) is 4.56. The number of nitrogens with zero attached hydrogens (tertiary/aromatic N) is 1. The molecule has 0 radical (unpaired) electrons. The summed E-state index contributed by atoms with van der Waals surface area (Å²) in [5, 5.41) is 0. The van der Waals surface area contributed by atoms with E-state index in [1.54, 1.807) is 17.0 Å². The van der Waals surface area contributed by atoms with Crippen LogP contribution in [-0.2, 0) is 4.74 Å². The molecule has 3 rings (SSSR count). The Morgan fingerprint density at radius 2 is 2.04 bits per heavy atom. The van der Waals surface area contributed by atoms with E-state index in [1.807, 2.05) is 20.9 Å². The van der Waals surface area contributed by atoms with Crippen LogP contribution < -0.4 is 5.56 Å². The summed E-state index contributed by atoms with van der Waals surface area (Å²) in [6, 6.07) is 3.59. The highest BCUT2D eigenvalue weighted by molar-refractivity contribution is 5.94. The van der Waals surface area contributed by atoms with Gasteiger partial charge in [-0.05, 0) is 45.2 Å². The first-order valence-corrected chi connectivity index (χ1v) is 9.08. The van der Waals surface area contributed by atoms with Crippen molar-refractivity contribution in [2.24, 2.45) is 5.41 Å². The third-order valence-electron chi connectivity index (χ3n) is 5.97. The molecule has 2 atom stereocenters. The number of aryl methyl sites for hydroxylation is 1. The molecule has 2 saturated carbocycles. The number of carbonyl (C=O) groups excluding carboxylic acids is 1. The summed E-state index contributed by atoms with van der Waals surface area (Å²) in [5.41, 5.74) is 0.776. The largest absolute Gasteiger partial charge is 0.378 e. The van der Waals surface area contributed by atoms with Crippen LogP contribution in [0, 0.1) is 12.3 Å². The predicted octanol–water partition coefficient (Wildman–Crippen LogP) is 2.88. The summed E-state index contributed by atoms with van der Waals surface area (Å²) < 4.78 is 5.97. The van der Waals surface area contributed by atoms with Crippen molar-refractivity contribution in [1.82, 2.24) is 9.88 Å². The molecule has 0 saturated heterocycles. The lowest BCUT2D eigenvalue weighted by Crippen LogP contribution is -2.65. The van der Waals surface area contributed by atoms with Crippen molar-refractivity contribution in [2.75, 3.05) is 13.7 Å². The van der Waals surface area contributed by atoms with Crippen LogP contribution in [0.25, 0.3) is 0 Å². The lowest BCUT2D eigenvalue weighted by molar-refractivity contribution is -0.170. The summed E-state index contributed by atoms with van der Waals surface area (Å²) in [4.78, 5) is 29.5. The van der Waals surface area contributed by atoms with Crippen LogP contribution in [-0.4, -0.2) is 41.6 Å². The minimum Gasteiger partial charge on any atom is -0.378 e. The minimum absolute atomic E-state index is 0.0795.